The van der Waals surface area contributed by atoms with Crippen molar-refractivity contribution in [1.82, 2.24) is 15.3 Å². The molecule has 0 aliphatic carbocycles. The summed E-state index contributed by atoms with van der Waals surface area (Å²) in [7, 11) is 1.90. The van der Waals surface area contributed by atoms with Gasteiger partial charge in [0.1, 0.15) is 5.75 Å². The van der Waals surface area contributed by atoms with Crippen molar-refractivity contribution in [3.05, 3.63) is 60.4 Å². The predicted octanol–water partition coefficient (Wildman–Crippen LogP) is 3.14. The molecule has 0 saturated heterocycles. The molecule has 4 heteroatoms. The number of aromatic nitrogens is 2. The van der Waals surface area contributed by atoms with Crippen LogP contribution in [-0.2, 0) is 6.54 Å². The Morgan fingerprint density at radius 2 is 1.85 bits per heavy atom. The van der Waals surface area contributed by atoms with Crippen molar-refractivity contribution < 1.29 is 4.74 Å². The molecular weight excluding hydrogens is 250 g/mol. The summed E-state index contributed by atoms with van der Waals surface area (Å²) in [5, 5.41) is 4.10. The van der Waals surface area contributed by atoms with Crippen LogP contribution in [0.15, 0.2) is 54.9 Å². The van der Waals surface area contributed by atoms with Gasteiger partial charge in [-0.1, -0.05) is 12.1 Å². The molecule has 0 saturated carbocycles. The van der Waals surface area contributed by atoms with Crippen LogP contribution in [0.4, 0.5) is 0 Å². The van der Waals surface area contributed by atoms with Gasteiger partial charge in [0.2, 0.25) is 5.88 Å². The van der Waals surface area contributed by atoms with Gasteiger partial charge in [0, 0.05) is 29.9 Å². The molecule has 2 aromatic heterocycles. The largest absolute Gasteiger partial charge is 0.438 e. The average molecular weight is 265 g/mol. The van der Waals surface area contributed by atoms with Crippen molar-refractivity contribution in [1.29, 1.82) is 0 Å². The number of benzene rings is 1. The van der Waals surface area contributed by atoms with Gasteiger partial charge in [0.05, 0.1) is 5.52 Å². The van der Waals surface area contributed by atoms with Crippen LogP contribution in [0.5, 0.6) is 11.6 Å². The van der Waals surface area contributed by atoms with Crippen LogP contribution in [0.3, 0.4) is 0 Å². The molecule has 0 spiro atoms. The molecule has 0 amide bonds. The second-order valence-corrected chi connectivity index (χ2v) is 4.43. The highest BCUT2D eigenvalue weighted by Gasteiger charge is 2.08. The van der Waals surface area contributed by atoms with E-state index in [4.69, 9.17) is 4.74 Å². The Morgan fingerprint density at radius 1 is 1.00 bits per heavy atom. The molecule has 3 rings (SSSR count). The number of pyridine rings is 2. The first kappa shape index (κ1) is 12.6. The van der Waals surface area contributed by atoms with Gasteiger partial charge in [-0.15, -0.1) is 0 Å². The lowest BCUT2D eigenvalue weighted by Gasteiger charge is -2.11. The van der Waals surface area contributed by atoms with Gasteiger partial charge >= 0.3 is 0 Å². The van der Waals surface area contributed by atoms with E-state index in [9.17, 15) is 0 Å². The third-order valence-electron chi connectivity index (χ3n) is 3.03. The molecule has 0 atom stereocenters. The summed E-state index contributed by atoms with van der Waals surface area (Å²) < 4.78 is 5.98. The van der Waals surface area contributed by atoms with Gasteiger partial charge in [-0.3, -0.25) is 4.98 Å². The van der Waals surface area contributed by atoms with Gasteiger partial charge in [0.15, 0.2) is 0 Å². The molecule has 2 heterocycles. The number of fused-ring (bicyclic) bond motifs is 1. The van der Waals surface area contributed by atoms with Crippen molar-refractivity contribution >= 4 is 10.9 Å². The molecule has 0 fully saturated rings. The van der Waals surface area contributed by atoms with Crippen molar-refractivity contribution in [2.24, 2.45) is 0 Å². The Kier molecular flexibility index (Phi) is 3.56. The van der Waals surface area contributed by atoms with Crippen LogP contribution < -0.4 is 10.1 Å². The summed E-state index contributed by atoms with van der Waals surface area (Å²) in [4.78, 5) is 8.65. The van der Waals surface area contributed by atoms with Crippen LogP contribution in [0.2, 0.25) is 0 Å². The summed E-state index contributed by atoms with van der Waals surface area (Å²) in [5.74, 6) is 1.39. The SMILES string of the molecule is CNCc1cccnc1Oc1cccc2ncccc12. The van der Waals surface area contributed by atoms with Gasteiger partial charge in [0.25, 0.3) is 0 Å². The Bertz CT molecular complexity index is 722. The molecule has 1 N–H and O–H groups in total. The Labute approximate surface area is 117 Å². The minimum atomic E-state index is 0.623. The molecule has 0 aliphatic heterocycles. The molecule has 0 bridgehead atoms. The summed E-state index contributed by atoms with van der Waals surface area (Å²) in [5.41, 5.74) is 1.94. The number of rotatable bonds is 4. The second-order valence-electron chi connectivity index (χ2n) is 4.43. The third kappa shape index (κ3) is 2.46. The topological polar surface area (TPSA) is 47.0 Å². The zero-order chi connectivity index (χ0) is 13.8. The Balaban J connectivity index is 2.01. The lowest BCUT2D eigenvalue weighted by atomic mass is 10.2. The van der Waals surface area contributed by atoms with E-state index in [1.807, 2.05) is 49.5 Å². The van der Waals surface area contributed by atoms with Gasteiger partial charge < -0.3 is 10.1 Å². The maximum atomic E-state index is 5.98. The smallest absolute Gasteiger partial charge is 0.223 e. The van der Waals surface area contributed by atoms with E-state index in [0.29, 0.717) is 12.4 Å². The number of ether oxygens (including phenoxy) is 1. The first-order valence-corrected chi connectivity index (χ1v) is 6.48. The minimum Gasteiger partial charge on any atom is -0.438 e. The predicted molar refractivity (Wildman–Crippen MR) is 78.8 cm³/mol. The molecule has 1 aromatic carbocycles. The fourth-order valence-electron chi connectivity index (χ4n) is 2.11. The van der Waals surface area contributed by atoms with Crippen LogP contribution in [0, 0.1) is 0 Å². The van der Waals surface area contributed by atoms with Crippen LogP contribution in [-0.4, -0.2) is 17.0 Å². The minimum absolute atomic E-state index is 0.623. The maximum absolute atomic E-state index is 5.98. The summed E-state index contributed by atoms with van der Waals surface area (Å²) in [6.45, 7) is 0.714. The fourth-order valence-corrected chi connectivity index (χ4v) is 2.11. The summed E-state index contributed by atoms with van der Waals surface area (Å²) in [6.07, 6.45) is 3.51. The highest BCUT2D eigenvalue weighted by Crippen LogP contribution is 2.29. The fraction of sp³-hybridized carbons (Fsp3) is 0.125. The number of nitrogens with zero attached hydrogens (tertiary/aromatic N) is 2. The van der Waals surface area contributed by atoms with Crippen molar-refractivity contribution in [2.45, 2.75) is 6.54 Å². The Hall–Kier alpha value is -2.46. The first-order chi connectivity index (χ1) is 9.88. The van der Waals surface area contributed by atoms with E-state index in [2.05, 4.69) is 15.3 Å². The molecule has 0 unspecified atom stereocenters. The molecule has 4 nitrogen and oxygen atoms in total. The van der Waals surface area contributed by atoms with Crippen LogP contribution in [0.25, 0.3) is 10.9 Å². The standard InChI is InChI=1S/C16H15N3O/c1-17-11-12-5-3-10-19-16(12)20-15-8-2-7-14-13(15)6-4-9-18-14/h2-10,17H,11H2,1H3. The van der Waals surface area contributed by atoms with E-state index in [-0.39, 0.29) is 0 Å². The lowest BCUT2D eigenvalue weighted by molar-refractivity contribution is 0.459. The van der Waals surface area contributed by atoms with E-state index in [0.717, 1.165) is 22.2 Å². The summed E-state index contributed by atoms with van der Waals surface area (Å²) >= 11 is 0. The molecule has 100 valence electrons. The highest BCUT2D eigenvalue weighted by molar-refractivity contribution is 5.85. The van der Waals surface area contributed by atoms with Gasteiger partial charge in [-0.25, -0.2) is 4.98 Å². The van der Waals surface area contributed by atoms with Crippen LogP contribution >= 0.6 is 0 Å². The van der Waals surface area contributed by atoms with Crippen LogP contribution in [0.1, 0.15) is 5.56 Å². The average Bonchev–Trinajstić information content (AvgIpc) is 2.50. The van der Waals surface area contributed by atoms with E-state index < -0.39 is 0 Å². The normalized spacial score (nSPS) is 10.7. The number of hydrogen-bond donors (Lipinski definition) is 1. The lowest BCUT2D eigenvalue weighted by Crippen LogP contribution is -2.07. The molecule has 0 aliphatic rings. The molecule has 0 radical (unpaired) electrons. The Morgan fingerprint density at radius 3 is 2.75 bits per heavy atom. The first-order valence-electron chi connectivity index (χ1n) is 6.48. The zero-order valence-electron chi connectivity index (χ0n) is 11.2. The summed E-state index contributed by atoms with van der Waals surface area (Å²) in [6, 6.07) is 13.6. The second kappa shape index (κ2) is 5.67. The third-order valence-corrected chi connectivity index (χ3v) is 3.03. The van der Waals surface area contributed by atoms with Gasteiger partial charge in [-0.05, 0) is 37.4 Å². The monoisotopic (exact) mass is 265 g/mol. The van der Waals surface area contributed by atoms with Crippen molar-refractivity contribution in [3.63, 3.8) is 0 Å². The van der Waals surface area contributed by atoms with E-state index in [1.165, 1.54) is 0 Å². The van der Waals surface area contributed by atoms with Crippen molar-refractivity contribution in [3.8, 4) is 11.6 Å². The molecule has 20 heavy (non-hydrogen) atoms. The maximum Gasteiger partial charge on any atom is 0.223 e. The molecule has 3 aromatic rings. The number of nitrogens with one attached hydrogen (secondary N) is 1. The quantitative estimate of drug-likeness (QED) is 0.787. The highest BCUT2D eigenvalue weighted by atomic mass is 16.5. The number of hydrogen-bond acceptors (Lipinski definition) is 4. The van der Waals surface area contributed by atoms with E-state index >= 15 is 0 Å². The molecular formula is C16H15N3O. The van der Waals surface area contributed by atoms with E-state index in [1.54, 1.807) is 12.4 Å². The van der Waals surface area contributed by atoms with Gasteiger partial charge in [-0.2, -0.15) is 0 Å². The zero-order valence-corrected chi connectivity index (χ0v) is 11.2. The van der Waals surface area contributed by atoms with Crippen molar-refractivity contribution in [2.75, 3.05) is 7.05 Å².